The van der Waals surface area contributed by atoms with E-state index in [1.807, 2.05) is 0 Å². The lowest BCUT2D eigenvalue weighted by atomic mass is 9.74. The molecule has 140 valence electrons. The van der Waals surface area contributed by atoms with Crippen LogP contribution in [0.3, 0.4) is 0 Å². The number of alkyl halides is 1. The van der Waals surface area contributed by atoms with Crippen LogP contribution < -0.4 is 0 Å². The number of aromatic nitrogens is 1. The summed E-state index contributed by atoms with van der Waals surface area (Å²) in [6.07, 6.45) is 0.338. The minimum absolute atomic E-state index is 0.194. The Kier molecular flexibility index (Phi) is 4.51. The van der Waals surface area contributed by atoms with Gasteiger partial charge in [0.1, 0.15) is 6.61 Å². The van der Waals surface area contributed by atoms with E-state index in [0.29, 0.717) is 12.3 Å². The van der Waals surface area contributed by atoms with Crippen molar-refractivity contribution in [3.8, 4) is 11.3 Å². The summed E-state index contributed by atoms with van der Waals surface area (Å²) in [7, 11) is 0. The number of hydrogen-bond acceptors (Lipinski definition) is 2. The van der Waals surface area contributed by atoms with Gasteiger partial charge >= 0.3 is 5.97 Å². The zero-order chi connectivity index (χ0) is 19.2. The molecule has 4 rings (SSSR count). The van der Waals surface area contributed by atoms with Crippen LogP contribution in [0, 0.1) is 13.8 Å². The third-order valence-corrected chi connectivity index (χ3v) is 5.76. The summed E-state index contributed by atoms with van der Waals surface area (Å²) in [4.78, 5) is 12.4. The zero-order valence-corrected chi connectivity index (χ0v) is 16.8. The minimum atomic E-state index is -0.323. The SMILES string of the molecule is Cc1cc(C)c2cc3n(c2c1)CC(C)(CC(=O)OCCCl)c1ccccc1-3. The second-order valence-corrected chi connectivity index (χ2v) is 8.20. The molecule has 0 fully saturated rings. The molecule has 3 nitrogen and oxygen atoms in total. The fourth-order valence-electron chi connectivity index (χ4n) is 4.45. The smallest absolute Gasteiger partial charge is 0.306 e. The molecule has 0 bridgehead atoms. The molecule has 2 aromatic carbocycles. The van der Waals surface area contributed by atoms with E-state index in [2.05, 4.69) is 67.8 Å². The van der Waals surface area contributed by atoms with Crippen molar-refractivity contribution in [2.24, 2.45) is 0 Å². The highest BCUT2D eigenvalue weighted by Crippen LogP contribution is 2.45. The maximum atomic E-state index is 12.4. The third-order valence-electron chi connectivity index (χ3n) is 5.61. The quantitative estimate of drug-likeness (QED) is 0.449. The molecule has 0 saturated carbocycles. The molecule has 1 aliphatic heterocycles. The first-order chi connectivity index (χ1) is 12.9. The number of halogens is 1. The van der Waals surface area contributed by atoms with Gasteiger partial charge in [0, 0.05) is 34.1 Å². The average molecular weight is 382 g/mol. The van der Waals surface area contributed by atoms with Crippen LogP contribution in [0.1, 0.15) is 30.0 Å². The van der Waals surface area contributed by atoms with E-state index in [1.165, 1.54) is 38.9 Å². The fourth-order valence-corrected chi connectivity index (χ4v) is 4.52. The standard InChI is InChI=1S/C23H24ClNO2/c1-15-10-16(2)18-12-21-17-6-4-5-7-19(17)23(3,13-22(26)27-9-8-24)14-25(21)20(18)11-15/h4-7,10-12H,8-9,13-14H2,1-3H3. The predicted molar refractivity (Wildman–Crippen MR) is 110 cm³/mol. The van der Waals surface area contributed by atoms with Crippen molar-refractivity contribution >= 4 is 28.5 Å². The van der Waals surface area contributed by atoms with Crippen LogP contribution >= 0.6 is 11.6 Å². The molecular formula is C23H24ClNO2. The molecule has 1 unspecified atom stereocenters. The number of aryl methyl sites for hydroxylation is 2. The van der Waals surface area contributed by atoms with Gasteiger partial charge in [-0.3, -0.25) is 4.79 Å². The normalized spacial score (nSPS) is 18.2. The average Bonchev–Trinajstić information content (AvgIpc) is 2.99. The molecule has 1 aromatic heterocycles. The van der Waals surface area contributed by atoms with Crippen molar-refractivity contribution in [2.45, 2.75) is 39.2 Å². The number of fused-ring (bicyclic) bond motifs is 5. The molecule has 27 heavy (non-hydrogen) atoms. The predicted octanol–water partition coefficient (Wildman–Crippen LogP) is 5.37. The monoisotopic (exact) mass is 381 g/mol. The number of esters is 1. The molecule has 0 amide bonds. The largest absolute Gasteiger partial charge is 0.464 e. The minimum Gasteiger partial charge on any atom is -0.464 e. The number of ether oxygens (including phenoxy) is 1. The van der Waals surface area contributed by atoms with Crippen molar-refractivity contribution in [3.05, 3.63) is 59.2 Å². The third kappa shape index (κ3) is 3.04. The summed E-state index contributed by atoms with van der Waals surface area (Å²) >= 11 is 5.67. The lowest BCUT2D eigenvalue weighted by molar-refractivity contribution is -0.144. The van der Waals surface area contributed by atoms with E-state index >= 15 is 0 Å². The number of nitrogens with zero attached hydrogens (tertiary/aromatic N) is 1. The molecule has 0 aliphatic carbocycles. The van der Waals surface area contributed by atoms with Crippen molar-refractivity contribution in [3.63, 3.8) is 0 Å². The summed E-state index contributed by atoms with van der Waals surface area (Å²) < 4.78 is 7.66. The maximum absolute atomic E-state index is 12.4. The van der Waals surface area contributed by atoms with Crippen molar-refractivity contribution in [2.75, 3.05) is 12.5 Å². The van der Waals surface area contributed by atoms with Crippen LogP contribution in [0.4, 0.5) is 0 Å². The van der Waals surface area contributed by atoms with E-state index < -0.39 is 0 Å². The molecule has 0 radical (unpaired) electrons. The number of carbonyl (C=O) groups excluding carboxylic acids is 1. The summed E-state index contributed by atoms with van der Waals surface area (Å²) in [6, 6.07) is 15.2. The van der Waals surface area contributed by atoms with Gasteiger partial charge in [0.15, 0.2) is 0 Å². The zero-order valence-electron chi connectivity index (χ0n) is 16.0. The van der Waals surface area contributed by atoms with Gasteiger partial charge in [-0.1, -0.05) is 37.3 Å². The molecular weight excluding hydrogens is 358 g/mol. The number of benzene rings is 2. The second-order valence-electron chi connectivity index (χ2n) is 7.82. The summed E-state index contributed by atoms with van der Waals surface area (Å²) in [6.45, 7) is 7.46. The highest BCUT2D eigenvalue weighted by atomic mass is 35.5. The van der Waals surface area contributed by atoms with Gasteiger partial charge in [-0.25, -0.2) is 0 Å². The Morgan fingerprint density at radius 2 is 2.00 bits per heavy atom. The van der Waals surface area contributed by atoms with Gasteiger partial charge in [-0.2, -0.15) is 0 Å². The van der Waals surface area contributed by atoms with Crippen LogP contribution in [-0.4, -0.2) is 23.0 Å². The van der Waals surface area contributed by atoms with E-state index in [1.54, 1.807) is 0 Å². The fraction of sp³-hybridized carbons (Fsp3) is 0.348. The summed E-state index contributed by atoms with van der Waals surface area (Å²) in [5, 5.41) is 1.28. The van der Waals surface area contributed by atoms with Crippen LogP contribution in [0.2, 0.25) is 0 Å². The van der Waals surface area contributed by atoms with Crippen LogP contribution in [0.15, 0.2) is 42.5 Å². The van der Waals surface area contributed by atoms with E-state index in [0.717, 1.165) is 6.54 Å². The van der Waals surface area contributed by atoms with Gasteiger partial charge in [0.2, 0.25) is 0 Å². The van der Waals surface area contributed by atoms with Gasteiger partial charge in [0.05, 0.1) is 12.3 Å². The molecule has 3 aromatic rings. The molecule has 1 atom stereocenters. The Bertz CT molecular complexity index is 1040. The van der Waals surface area contributed by atoms with Gasteiger partial charge < -0.3 is 9.30 Å². The Labute approximate surface area is 164 Å². The Morgan fingerprint density at radius 3 is 2.78 bits per heavy atom. The lowest BCUT2D eigenvalue weighted by Gasteiger charge is -2.37. The Hall–Kier alpha value is -2.26. The summed E-state index contributed by atoms with van der Waals surface area (Å²) in [5.74, 6) is 0.129. The molecule has 0 spiro atoms. The molecule has 0 saturated heterocycles. The molecule has 1 aliphatic rings. The van der Waals surface area contributed by atoms with Crippen molar-refractivity contribution < 1.29 is 9.53 Å². The Morgan fingerprint density at radius 1 is 1.22 bits per heavy atom. The summed E-state index contributed by atoms with van der Waals surface area (Å²) in [5.41, 5.74) is 7.08. The highest BCUT2D eigenvalue weighted by Gasteiger charge is 2.38. The number of hydrogen-bond donors (Lipinski definition) is 0. The number of carbonyl (C=O) groups is 1. The first-order valence-electron chi connectivity index (χ1n) is 9.35. The van der Waals surface area contributed by atoms with Crippen molar-refractivity contribution in [1.82, 2.24) is 4.57 Å². The van der Waals surface area contributed by atoms with Crippen LogP contribution in [0.5, 0.6) is 0 Å². The van der Waals surface area contributed by atoms with E-state index in [9.17, 15) is 4.79 Å². The molecule has 2 heterocycles. The van der Waals surface area contributed by atoms with Crippen LogP contribution in [0.25, 0.3) is 22.2 Å². The van der Waals surface area contributed by atoms with Crippen LogP contribution in [-0.2, 0) is 21.5 Å². The van der Waals surface area contributed by atoms with Gasteiger partial charge in [-0.15, -0.1) is 11.6 Å². The second kappa shape index (κ2) is 6.72. The Balaban J connectivity index is 1.87. The highest BCUT2D eigenvalue weighted by molar-refractivity contribution is 6.18. The molecule has 0 N–H and O–H groups in total. The van der Waals surface area contributed by atoms with Gasteiger partial charge in [0.25, 0.3) is 0 Å². The topological polar surface area (TPSA) is 31.2 Å². The number of rotatable bonds is 4. The van der Waals surface area contributed by atoms with E-state index in [4.69, 9.17) is 16.3 Å². The van der Waals surface area contributed by atoms with Crippen molar-refractivity contribution in [1.29, 1.82) is 0 Å². The first-order valence-corrected chi connectivity index (χ1v) is 9.88. The van der Waals surface area contributed by atoms with Gasteiger partial charge in [-0.05, 0) is 42.7 Å². The van der Waals surface area contributed by atoms with E-state index in [-0.39, 0.29) is 18.0 Å². The first kappa shape index (κ1) is 18.1. The maximum Gasteiger partial charge on any atom is 0.306 e. The lowest BCUT2D eigenvalue weighted by Crippen LogP contribution is -2.35. The molecule has 4 heteroatoms.